The highest BCUT2D eigenvalue weighted by Gasteiger charge is 2.02. The Morgan fingerprint density at radius 1 is 1.43 bits per heavy atom. The van der Waals surface area contributed by atoms with Crippen LogP contribution in [0.4, 0.5) is 4.79 Å². The molecule has 0 aliphatic rings. The van der Waals surface area contributed by atoms with Crippen molar-refractivity contribution in [3.63, 3.8) is 0 Å². The highest BCUT2D eigenvalue weighted by atomic mass is 16.5. The van der Waals surface area contributed by atoms with E-state index in [0.717, 1.165) is 0 Å². The van der Waals surface area contributed by atoms with Crippen LogP contribution >= 0.6 is 0 Å². The third kappa shape index (κ3) is 7.15. The van der Waals surface area contributed by atoms with Crippen molar-refractivity contribution in [3.8, 4) is 0 Å². The zero-order chi connectivity index (χ0) is 11.0. The minimum Gasteiger partial charge on any atom is -0.462 e. The molecule has 2 N–H and O–H groups in total. The van der Waals surface area contributed by atoms with Gasteiger partial charge in [-0.05, 0) is 13.3 Å². The van der Waals surface area contributed by atoms with Crippen LogP contribution in [-0.4, -0.2) is 25.3 Å². The normalized spacial score (nSPS) is 9.21. The van der Waals surface area contributed by atoms with E-state index in [0.29, 0.717) is 12.0 Å². The van der Waals surface area contributed by atoms with Gasteiger partial charge in [0, 0.05) is 12.0 Å². The van der Waals surface area contributed by atoms with E-state index in [1.807, 2.05) is 0 Å². The molecule has 0 aliphatic heterocycles. The van der Waals surface area contributed by atoms with Gasteiger partial charge in [0.25, 0.3) is 0 Å². The number of hydrogen-bond acceptors (Lipinski definition) is 4. The van der Waals surface area contributed by atoms with Gasteiger partial charge in [-0.25, -0.2) is 9.59 Å². The number of unbranched alkanes of at least 4 members (excludes halogenated alkanes) is 1. The monoisotopic (exact) mass is 200 g/mol. The summed E-state index contributed by atoms with van der Waals surface area (Å²) in [4.78, 5) is 21.0. The molecule has 0 aromatic heterocycles. The third-order valence-corrected chi connectivity index (χ3v) is 1.25. The summed E-state index contributed by atoms with van der Waals surface area (Å²) in [5, 5.41) is 0. The van der Waals surface area contributed by atoms with Crippen LogP contribution in [0.5, 0.6) is 0 Å². The van der Waals surface area contributed by atoms with Crippen LogP contribution in [0, 0.1) is 6.42 Å². The second-order valence-electron chi connectivity index (χ2n) is 2.62. The summed E-state index contributed by atoms with van der Waals surface area (Å²) in [7, 11) is 0. The van der Waals surface area contributed by atoms with Gasteiger partial charge < -0.3 is 15.2 Å². The van der Waals surface area contributed by atoms with Crippen molar-refractivity contribution in [1.82, 2.24) is 0 Å². The molecule has 0 bridgehead atoms. The maximum absolute atomic E-state index is 10.8. The van der Waals surface area contributed by atoms with Gasteiger partial charge in [0.05, 0.1) is 13.2 Å². The van der Waals surface area contributed by atoms with E-state index < -0.39 is 12.1 Å². The first kappa shape index (κ1) is 12.5. The average molecular weight is 200 g/mol. The summed E-state index contributed by atoms with van der Waals surface area (Å²) in [6, 6.07) is 0. The van der Waals surface area contributed by atoms with Crippen molar-refractivity contribution in [2.24, 2.45) is 5.73 Å². The standard InChI is InChI=1S/C9H14NO4/c1-7(2)8(11)13-5-3-4-6-14-9(10)12/h4H,1,3,5-6H2,2H3,(H2,10,12). The molecule has 0 fully saturated rings. The van der Waals surface area contributed by atoms with Crippen LogP contribution < -0.4 is 5.73 Å². The Hall–Kier alpha value is -1.52. The molecule has 1 radical (unpaired) electrons. The van der Waals surface area contributed by atoms with E-state index in [-0.39, 0.29) is 13.2 Å². The summed E-state index contributed by atoms with van der Waals surface area (Å²) < 4.78 is 9.19. The lowest BCUT2D eigenvalue weighted by Gasteiger charge is -2.03. The SMILES string of the molecule is C=C(C)C(=O)OCC[CH]COC(N)=O. The molecule has 0 heterocycles. The van der Waals surface area contributed by atoms with E-state index in [4.69, 9.17) is 10.5 Å². The Morgan fingerprint density at radius 2 is 2.07 bits per heavy atom. The van der Waals surface area contributed by atoms with Crippen LogP contribution in [0.2, 0.25) is 0 Å². The molecule has 5 nitrogen and oxygen atoms in total. The number of nitrogens with two attached hydrogens (primary N) is 1. The van der Waals surface area contributed by atoms with Gasteiger partial charge in [-0.3, -0.25) is 0 Å². The highest BCUT2D eigenvalue weighted by Crippen LogP contribution is 1.95. The minimum absolute atomic E-state index is 0.125. The molecule has 5 heteroatoms. The minimum atomic E-state index is -0.819. The second-order valence-corrected chi connectivity index (χ2v) is 2.62. The number of hydrogen-bond donors (Lipinski definition) is 1. The molecule has 0 saturated carbocycles. The van der Waals surface area contributed by atoms with E-state index in [9.17, 15) is 9.59 Å². The summed E-state index contributed by atoms with van der Waals surface area (Å²) in [6.45, 7) is 5.36. The van der Waals surface area contributed by atoms with Crippen molar-refractivity contribution in [3.05, 3.63) is 18.6 Å². The highest BCUT2D eigenvalue weighted by molar-refractivity contribution is 5.86. The molecule has 0 aromatic rings. The largest absolute Gasteiger partial charge is 0.462 e. The number of rotatable bonds is 6. The lowest BCUT2D eigenvalue weighted by atomic mass is 10.3. The number of ether oxygens (including phenoxy) is 2. The Kier molecular flexibility index (Phi) is 6.19. The molecule has 79 valence electrons. The maximum atomic E-state index is 10.8. The van der Waals surface area contributed by atoms with E-state index in [1.54, 1.807) is 13.3 Å². The third-order valence-electron chi connectivity index (χ3n) is 1.25. The first-order chi connectivity index (χ1) is 6.54. The molecule has 0 saturated heterocycles. The van der Waals surface area contributed by atoms with E-state index in [1.165, 1.54) is 0 Å². The molecule has 14 heavy (non-hydrogen) atoms. The molecule has 0 unspecified atom stereocenters. The van der Waals surface area contributed by atoms with Crippen molar-refractivity contribution in [1.29, 1.82) is 0 Å². The van der Waals surface area contributed by atoms with Crippen LogP contribution in [0.15, 0.2) is 12.2 Å². The average Bonchev–Trinajstić information content (AvgIpc) is 2.09. The topological polar surface area (TPSA) is 78.6 Å². The van der Waals surface area contributed by atoms with Crippen LogP contribution in [0.3, 0.4) is 0 Å². The molecule has 0 aromatic carbocycles. The molecular weight excluding hydrogens is 186 g/mol. The second kappa shape index (κ2) is 6.94. The fourth-order valence-corrected chi connectivity index (χ4v) is 0.583. The fraction of sp³-hybridized carbons (Fsp3) is 0.444. The molecule has 0 aliphatic carbocycles. The van der Waals surface area contributed by atoms with Crippen molar-refractivity contribution in [2.75, 3.05) is 13.2 Å². The zero-order valence-electron chi connectivity index (χ0n) is 8.12. The molecule has 0 spiro atoms. The first-order valence-electron chi connectivity index (χ1n) is 4.10. The summed E-state index contributed by atoms with van der Waals surface area (Å²) in [6.07, 6.45) is 1.34. The maximum Gasteiger partial charge on any atom is 0.404 e. The predicted molar refractivity (Wildman–Crippen MR) is 50.2 cm³/mol. The van der Waals surface area contributed by atoms with Gasteiger partial charge in [0.15, 0.2) is 0 Å². The number of primary amides is 1. The van der Waals surface area contributed by atoms with Gasteiger partial charge in [0.1, 0.15) is 0 Å². The lowest BCUT2D eigenvalue weighted by Crippen LogP contribution is -2.14. The van der Waals surface area contributed by atoms with Crippen molar-refractivity contribution >= 4 is 12.1 Å². The number of esters is 1. The molecule has 1 amide bonds. The number of carbonyl (C=O) groups excluding carboxylic acids is 2. The Bertz CT molecular complexity index is 225. The Labute approximate surface area is 82.9 Å². The predicted octanol–water partition coefficient (Wildman–Crippen LogP) is 0.795. The zero-order valence-corrected chi connectivity index (χ0v) is 8.12. The number of amides is 1. The Balaban J connectivity index is 3.26. The lowest BCUT2D eigenvalue weighted by molar-refractivity contribution is -0.138. The fourth-order valence-electron chi connectivity index (χ4n) is 0.583. The van der Waals surface area contributed by atoms with Gasteiger partial charge in [-0.1, -0.05) is 6.58 Å². The smallest absolute Gasteiger partial charge is 0.404 e. The van der Waals surface area contributed by atoms with Crippen LogP contribution in [0.1, 0.15) is 13.3 Å². The summed E-state index contributed by atoms with van der Waals surface area (Å²) >= 11 is 0. The van der Waals surface area contributed by atoms with Gasteiger partial charge in [-0.2, -0.15) is 0 Å². The van der Waals surface area contributed by atoms with Gasteiger partial charge in [-0.15, -0.1) is 0 Å². The van der Waals surface area contributed by atoms with Crippen molar-refractivity contribution < 1.29 is 19.1 Å². The van der Waals surface area contributed by atoms with Crippen LogP contribution in [0.25, 0.3) is 0 Å². The van der Waals surface area contributed by atoms with E-state index >= 15 is 0 Å². The van der Waals surface area contributed by atoms with Crippen molar-refractivity contribution in [2.45, 2.75) is 13.3 Å². The molecule has 0 rings (SSSR count). The van der Waals surface area contributed by atoms with E-state index in [2.05, 4.69) is 11.3 Å². The number of carbonyl (C=O) groups is 2. The van der Waals surface area contributed by atoms with Crippen LogP contribution in [-0.2, 0) is 14.3 Å². The van der Waals surface area contributed by atoms with Gasteiger partial charge in [0.2, 0.25) is 0 Å². The molecule has 0 atom stereocenters. The Morgan fingerprint density at radius 3 is 2.57 bits per heavy atom. The van der Waals surface area contributed by atoms with Gasteiger partial charge >= 0.3 is 12.1 Å². The summed E-state index contributed by atoms with van der Waals surface area (Å²) in [5.41, 5.74) is 5.08. The summed E-state index contributed by atoms with van der Waals surface area (Å²) in [5.74, 6) is -0.422. The first-order valence-corrected chi connectivity index (χ1v) is 4.10. The molecular formula is C9H14NO4. The quantitative estimate of drug-likeness (QED) is 0.390.